The summed E-state index contributed by atoms with van der Waals surface area (Å²) in [7, 11) is 1.51. The first kappa shape index (κ1) is 16.9. The molecule has 3 aromatic rings. The summed E-state index contributed by atoms with van der Waals surface area (Å²) in [6, 6.07) is 11.5. The van der Waals surface area contributed by atoms with E-state index in [9.17, 15) is 9.18 Å². The topological polar surface area (TPSA) is 68.7 Å². The number of methoxy groups -OCH3 is 1. The SMILES string of the molecule is COc1ccc(-c2nc(C(=O)O)cs2)cc1OCc1ccccc1F. The van der Waals surface area contributed by atoms with Gasteiger partial charge in [0.2, 0.25) is 0 Å². The molecule has 1 N–H and O–H groups in total. The lowest BCUT2D eigenvalue weighted by atomic mass is 10.2. The van der Waals surface area contributed by atoms with Gasteiger partial charge in [-0.25, -0.2) is 14.2 Å². The van der Waals surface area contributed by atoms with Crippen LogP contribution in [0.25, 0.3) is 10.6 Å². The number of rotatable bonds is 6. The Labute approximate surface area is 147 Å². The molecule has 0 saturated carbocycles. The third-order valence-corrected chi connectivity index (χ3v) is 4.37. The van der Waals surface area contributed by atoms with Gasteiger partial charge in [0.1, 0.15) is 17.4 Å². The van der Waals surface area contributed by atoms with Crippen LogP contribution < -0.4 is 9.47 Å². The molecule has 2 aromatic carbocycles. The third-order valence-electron chi connectivity index (χ3n) is 3.47. The van der Waals surface area contributed by atoms with Crippen LogP contribution in [-0.4, -0.2) is 23.2 Å². The lowest BCUT2D eigenvalue weighted by molar-refractivity contribution is 0.0691. The Morgan fingerprint density at radius 3 is 2.72 bits per heavy atom. The minimum absolute atomic E-state index is 0.00959. The molecule has 0 radical (unpaired) electrons. The Hall–Kier alpha value is -2.93. The minimum atomic E-state index is -1.08. The number of thiazole rings is 1. The van der Waals surface area contributed by atoms with Crippen LogP contribution in [-0.2, 0) is 6.61 Å². The van der Waals surface area contributed by atoms with E-state index in [0.717, 1.165) is 0 Å². The average Bonchev–Trinajstić information content (AvgIpc) is 3.11. The van der Waals surface area contributed by atoms with Crippen LogP contribution in [0.15, 0.2) is 47.8 Å². The van der Waals surface area contributed by atoms with Crippen LogP contribution in [0.5, 0.6) is 11.5 Å². The molecule has 3 rings (SSSR count). The highest BCUT2D eigenvalue weighted by atomic mass is 32.1. The lowest BCUT2D eigenvalue weighted by Gasteiger charge is -2.12. The van der Waals surface area contributed by atoms with Crippen molar-refractivity contribution < 1.29 is 23.8 Å². The first-order valence-corrected chi connectivity index (χ1v) is 8.20. The number of carbonyl (C=O) groups is 1. The van der Waals surface area contributed by atoms with Gasteiger partial charge in [-0.3, -0.25) is 0 Å². The molecule has 0 saturated heterocycles. The summed E-state index contributed by atoms with van der Waals surface area (Å²) >= 11 is 1.22. The molecule has 25 heavy (non-hydrogen) atoms. The van der Waals surface area contributed by atoms with Crippen LogP contribution in [0.4, 0.5) is 4.39 Å². The number of aromatic nitrogens is 1. The van der Waals surface area contributed by atoms with E-state index in [2.05, 4.69) is 4.98 Å². The molecule has 0 aliphatic rings. The Morgan fingerprint density at radius 1 is 1.24 bits per heavy atom. The van der Waals surface area contributed by atoms with Gasteiger partial charge in [0.15, 0.2) is 17.2 Å². The highest BCUT2D eigenvalue weighted by Crippen LogP contribution is 2.34. The lowest BCUT2D eigenvalue weighted by Crippen LogP contribution is -2.00. The highest BCUT2D eigenvalue weighted by Gasteiger charge is 2.13. The molecule has 0 spiro atoms. The maximum atomic E-state index is 13.7. The molecule has 1 heterocycles. The molecule has 0 amide bonds. The number of hydrogen-bond acceptors (Lipinski definition) is 5. The van der Waals surface area contributed by atoms with Crippen molar-refractivity contribution in [2.45, 2.75) is 6.61 Å². The molecule has 5 nitrogen and oxygen atoms in total. The van der Waals surface area contributed by atoms with Gasteiger partial charge in [0.25, 0.3) is 0 Å². The normalized spacial score (nSPS) is 10.5. The zero-order valence-corrected chi connectivity index (χ0v) is 14.0. The van der Waals surface area contributed by atoms with E-state index in [1.54, 1.807) is 36.4 Å². The van der Waals surface area contributed by atoms with E-state index in [1.165, 1.54) is 29.9 Å². The number of aromatic carboxylic acids is 1. The van der Waals surface area contributed by atoms with Gasteiger partial charge in [-0.05, 0) is 24.3 Å². The summed E-state index contributed by atoms with van der Waals surface area (Å²) in [6.07, 6.45) is 0. The van der Waals surface area contributed by atoms with Crippen molar-refractivity contribution in [1.82, 2.24) is 4.98 Å². The van der Waals surface area contributed by atoms with Crippen LogP contribution in [0, 0.1) is 5.82 Å². The Morgan fingerprint density at radius 2 is 2.04 bits per heavy atom. The van der Waals surface area contributed by atoms with Gasteiger partial charge < -0.3 is 14.6 Å². The molecule has 128 valence electrons. The predicted molar refractivity (Wildman–Crippen MR) is 91.8 cm³/mol. The molecule has 7 heteroatoms. The van der Waals surface area contributed by atoms with Crippen LogP contribution in [0.2, 0.25) is 0 Å². The molecule has 0 unspecified atom stereocenters. The van der Waals surface area contributed by atoms with Gasteiger partial charge in [-0.2, -0.15) is 0 Å². The van der Waals surface area contributed by atoms with Gasteiger partial charge in [-0.1, -0.05) is 18.2 Å². The quantitative estimate of drug-likeness (QED) is 0.713. The van der Waals surface area contributed by atoms with Crippen LogP contribution >= 0.6 is 11.3 Å². The Bertz CT molecular complexity index is 910. The van der Waals surface area contributed by atoms with E-state index in [4.69, 9.17) is 14.6 Å². The van der Waals surface area contributed by atoms with Crippen molar-refractivity contribution in [1.29, 1.82) is 0 Å². The monoisotopic (exact) mass is 359 g/mol. The van der Waals surface area contributed by atoms with E-state index in [-0.39, 0.29) is 18.1 Å². The molecule has 0 bridgehead atoms. The van der Waals surface area contributed by atoms with Gasteiger partial charge in [-0.15, -0.1) is 11.3 Å². The number of halogens is 1. The summed E-state index contributed by atoms with van der Waals surface area (Å²) in [5.74, 6) is -0.499. The Kier molecular flexibility index (Phi) is 4.95. The van der Waals surface area contributed by atoms with Crippen molar-refractivity contribution in [3.63, 3.8) is 0 Å². The molecule has 0 fully saturated rings. The van der Waals surface area contributed by atoms with Crippen molar-refractivity contribution in [3.05, 3.63) is 64.9 Å². The van der Waals surface area contributed by atoms with Crippen molar-refractivity contribution in [3.8, 4) is 22.1 Å². The second-order valence-corrected chi connectivity index (χ2v) is 5.95. The number of ether oxygens (including phenoxy) is 2. The first-order valence-electron chi connectivity index (χ1n) is 7.32. The summed E-state index contributed by atoms with van der Waals surface area (Å²) in [6.45, 7) is 0.0464. The number of carboxylic acid groups (broad SMARTS) is 1. The minimum Gasteiger partial charge on any atom is -0.493 e. The Balaban J connectivity index is 1.87. The summed E-state index contributed by atoms with van der Waals surface area (Å²) < 4.78 is 24.7. The smallest absolute Gasteiger partial charge is 0.355 e. The van der Waals surface area contributed by atoms with Crippen molar-refractivity contribution in [2.24, 2.45) is 0 Å². The number of nitrogens with zero attached hydrogens (tertiary/aromatic N) is 1. The maximum Gasteiger partial charge on any atom is 0.355 e. The zero-order chi connectivity index (χ0) is 17.8. The van der Waals surface area contributed by atoms with Crippen LogP contribution in [0.3, 0.4) is 0 Å². The predicted octanol–water partition coefficient (Wildman–Crippen LogP) is 4.24. The summed E-state index contributed by atoms with van der Waals surface area (Å²) in [4.78, 5) is 15.0. The largest absolute Gasteiger partial charge is 0.493 e. The molecular weight excluding hydrogens is 345 g/mol. The first-order chi connectivity index (χ1) is 12.1. The second kappa shape index (κ2) is 7.31. The highest BCUT2D eigenvalue weighted by molar-refractivity contribution is 7.13. The molecule has 0 aliphatic heterocycles. The van der Waals surface area contributed by atoms with Crippen molar-refractivity contribution in [2.75, 3.05) is 7.11 Å². The average molecular weight is 359 g/mol. The fourth-order valence-electron chi connectivity index (χ4n) is 2.20. The molecule has 1 aromatic heterocycles. The summed E-state index contributed by atoms with van der Waals surface area (Å²) in [5.41, 5.74) is 1.11. The fourth-order valence-corrected chi connectivity index (χ4v) is 2.99. The molecule has 0 aliphatic carbocycles. The zero-order valence-electron chi connectivity index (χ0n) is 13.2. The van der Waals surface area contributed by atoms with E-state index < -0.39 is 5.97 Å². The summed E-state index contributed by atoms with van der Waals surface area (Å²) in [5, 5.41) is 11.0. The third kappa shape index (κ3) is 3.77. The van der Waals surface area contributed by atoms with Gasteiger partial charge in [0.05, 0.1) is 7.11 Å². The second-order valence-electron chi connectivity index (χ2n) is 5.09. The van der Waals surface area contributed by atoms with Gasteiger partial charge in [0, 0.05) is 16.5 Å². The van der Waals surface area contributed by atoms with Gasteiger partial charge >= 0.3 is 5.97 Å². The van der Waals surface area contributed by atoms with E-state index in [0.29, 0.717) is 27.6 Å². The molecular formula is C18H14FNO4S. The van der Waals surface area contributed by atoms with Crippen LogP contribution in [0.1, 0.15) is 16.1 Å². The molecule has 0 atom stereocenters. The van der Waals surface area contributed by atoms with E-state index >= 15 is 0 Å². The van der Waals surface area contributed by atoms with Crippen molar-refractivity contribution >= 4 is 17.3 Å². The fraction of sp³-hybridized carbons (Fsp3) is 0.111. The number of carboxylic acids is 1. The standard InChI is InChI=1S/C18H14FNO4S/c1-23-15-7-6-11(17-20-14(10-25-17)18(21)22)8-16(15)24-9-12-4-2-3-5-13(12)19/h2-8,10H,9H2,1H3,(H,21,22). The maximum absolute atomic E-state index is 13.7. The number of hydrogen-bond donors (Lipinski definition) is 1. The van der Waals surface area contributed by atoms with E-state index in [1.807, 2.05) is 0 Å². The number of benzene rings is 2.